The van der Waals surface area contributed by atoms with Crippen LogP contribution in [0.25, 0.3) is 0 Å². The number of piperidine rings is 1. The molecule has 4 rings (SSSR count). The molecule has 13 heteroatoms. The highest BCUT2D eigenvalue weighted by Crippen LogP contribution is 2.39. The first-order valence-corrected chi connectivity index (χ1v) is 19.3. The van der Waals surface area contributed by atoms with E-state index >= 15 is 0 Å². The quantitative estimate of drug-likeness (QED) is 0.263. The third kappa shape index (κ3) is 9.70. The maximum atomic E-state index is 14.2. The van der Waals surface area contributed by atoms with Crippen molar-refractivity contribution in [2.75, 3.05) is 19.3 Å². The second-order valence-corrected chi connectivity index (χ2v) is 18.3. The molecule has 0 radical (unpaired) electrons. The van der Waals surface area contributed by atoms with Crippen LogP contribution in [0, 0.1) is 18.8 Å². The molecule has 3 amide bonds. The highest BCUT2D eigenvalue weighted by molar-refractivity contribution is 7.92. The molecule has 49 heavy (non-hydrogen) atoms. The van der Waals surface area contributed by atoms with Crippen LogP contribution in [0.3, 0.4) is 0 Å². The van der Waals surface area contributed by atoms with E-state index in [4.69, 9.17) is 0 Å². The van der Waals surface area contributed by atoms with E-state index < -0.39 is 56.2 Å². The van der Waals surface area contributed by atoms with Gasteiger partial charge < -0.3 is 21.1 Å². The van der Waals surface area contributed by atoms with Gasteiger partial charge in [0.05, 0.1) is 22.9 Å². The molecule has 2 aliphatic rings. The lowest BCUT2D eigenvalue weighted by molar-refractivity contribution is -0.133. The molecule has 1 aromatic carbocycles. The fourth-order valence-corrected chi connectivity index (χ4v) is 7.65. The van der Waals surface area contributed by atoms with Gasteiger partial charge in [0.2, 0.25) is 11.8 Å². The maximum Gasteiger partial charge on any atom is 0.272 e. The maximum absolute atomic E-state index is 14.2. The van der Waals surface area contributed by atoms with E-state index in [1.165, 1.54) is 18.5 Å². The Bertz CT molecular complexity index is 1560. The largest absolute Gasteiger partial charge is 0.390 e. The lowest BCUT2D eigenvalue weighted by atomic mass is 9.72. The number of aromatic nitrogens is 2. The molecule has 1 aromatic heterocycles. The number of rotatable bonds is 12. The fraction of sp³-hybridized carbons (Fsp3) is 0.667. The molecule has 0 unspecified atom stereocenters. The summed E-state index contributed by atoms with van der Waals surface area (Å²) >= 11 is 0. The molecule has 2 aromatic rings. The number of aliphatic hydroxyl groups excluding tert-OH is 1. The Morgan fingerprint density at radius 3 is 2.22 bits per heavy atom. The molecule has 6 atom stereocenters. The van der Waals surface area contributed by atoms with Crippen LogP contribution >= 0.6 is 0 Å². The van der Waals surface area contributed by atoms with Crippen LogP contribution in [0.4, 0.5) is 0 Å². The first-order chi connectivity index (χ1) is 22.8. The van der Waals surface area contributed by atoms with Gasteiger partial charge >= 0.3 is 0 Å². The van der Waals surface area contributed by atoms with Crippen molar-refractivity contribution in [2.24, 2.45) is 18.9 Å². The van der Waals surface area contributed by atoms with Gasteiger partial charge in [0.25, 0.3) is 5.91 Å². The van der Waals surface area contributed by atoms with Gasteiger partial charge in [-0.15, -0.1) is 0 Å². The molecule has 2 heterocycles. The van der Waals surface area contributed by atoms with Crippen LogP contribution in [-0.2, 0) is 32.9 Å². The number of aliphatic hydroxyl groups is 1. The van der Waals surface area contributed by atoms with E-state index in [1.807, 2.05) is 51.1 Å². The molecule has 1 aliphatic heterocycles. The number of carbonyl (C=O) groups excluding carboxylic acids is 3. The summed E-state index contributed by atoms with van der Waals surface area (Å²) < 4.78 is 25.8. The number of β-amino-alcohol motifs (C(OH)–C–C–N with tert-alkyl or cyclic N) is 1. The zero-order valence-corrected chi connectivity index (χ0v) is 31.1. The molecular weight excluding hydrogens is 644 g/mol. The van der Waals surface area contributed by atoms with E-state index in [9.17, 15) is 27.9 Å². The molecule has 0 bridgehead atoms. The third-order valence-corrected chi connectivity index (χ3v) is 12.5. The lowest BCUT2D eigenvalue weighted by Gasteiger charge is -2.47. The Balaban J connectivity index is 1.63. The van der Waals surface area contributed by atoms with E-state index in [2.05, 4.69) is 25.9 Å². The molecular formula is C36H56N6O6S. The standard InChI is InChI=1S/C36H56N6O6S/c1-23-18-28(40-41(23)7)32(44)38-31(36(5,6)49(8,47)48)34(46)37-27(19-24-14-10-9-11-15-24)30(43)22-42-21-26-17-13-12-16-25(26)20-29(42)33(45)39-35(2,3)4/h9-11,14-15,18,25-27,29-31,43H,12-13,16-17,19-22H2,1-8H3,(H,37,46)(H,38,44)(H,39,45)/t25-,26+,27-,29-,30+,31+/m0/s1. The second kappa shape index (κ2) is 15.3. The number of likely N-dealkylation sites (tertiary alicyclic amines) is 1. The van der Waals surface area contributed by atoms with Gasteiger partial charge in [-0.3, -0.25) is 24.0 Å². The topological polar surface area (TPSA) is 163 Å². The van der Waals surface area contributed by atoms with Crippen molar-refractivity contribution in [3.05, 3.63) is 53.3 Å². The average molecular weight is 701 g/mol. The molecule has 12 nitrogen and oxygen atoms in total. The number of amides is 3. The van der Waals surface area contributed by atoms with Crippen LogP contribution in [0.5, 0.6) is 0 Å². The number of nitrogens with one attached hydrogen (secondary N) is 3. The van der Waals surface area contributed by atoms with Gasteiger partial charge in [0.1, 0.15) is 11.7 Å². The van der Waals surface area contributed by atoms with Gasteiger partial charge in [0.15, 0.2) is 9.84 Å². The average Bonchev–Trinajstić information content (AvgIpc) is 3.35. The number of hydrogen-bond acceptors (Lipinski definition) is 8. The summed E-state index contributed by atoms with van der Waals surface area (Å²) in [6, 6.07) is 8.14. The number of hydrogen-bond donors (Lipinski definition) is 4. The summed E-state index contributed by atoms with van der Waals surface area (Å²) in [5, 5.41) is 24.8. The van der Waals surface area contributed by atoms with Crippen molar-refractivity contribution in [1.82, 2.24) is 30.6 Å². The minimum Gasteiger partial charge on any atom is -0.390 e. The smallest absolute Gasteiger partial charge is 0.272 e. The Labute approximate surface area is 291 Å². The number of aryl methyl sites for hydroxylation is 2. The lowest BCUT2D eigenvalue weighted by Crippen LogP contribution is -2.64. The normalized spacial score (nSPS) is 22.3. The van der Waals surface area contributed by atoms with Crippen molar-refractivity contribution in [3.63, 3.8) is 0 Å². The van der Waals surface area contributed by atoms with E-state index in [1.54, 1.807) is 20.0 Å². The Kier molecular flexibility index (Phi) is 12.0. The Morgan fingerprint density at radius 1 is 1.02 bits per heavy atom. The summed E-state index contributed by atoms with van der Waals surface area (Å²) in [5.74, 6) is -0.640. The second-order valence-electron chi connectivity index (χ2n) is 15.7. The minimum atomic E-state index is -3.87. The van der Waals surface area contributed by atoms with Crippen LogP contribution in [0.15, 0.2) is 36.4 Å². The summed E-state index contributed by atoms with van der Waals surface area (Å²) in [7, 11) is -2.19. The first-order valence-electron chi connectivity index (χ1n) is 17.4. The number of nitrogens with zero attached hydrogens (tertiary/aromatic N) is 3. The highest BCUT2D eigenvalue weighted by atomic mass is 32.2. The van der Waals surface area contributed by atoms with Gasteiger partial charge in [-0.25, -0.2) is 8.42 Å². The van der Waals surface area contributed by atoms with Crippen molar-refractivity contribution >= 4 is 27.6 Å². The molecule has 272 valence electrons. The van der Waals surface area contributed by atoms with Crippen LogP contribution < -0.4 is 16.0 Å². The summed E-state index contributed by atoms with van der Waals surface area (Å²) in [6.45, 7) is 11.2. The SMILES string of the molecule is Cc1cc(C(=O)N[C@H](C(=O)N[C@@H](Cc2ccccc2)[C@H](O)CN2C[C@H]3CCCC[C@H]3C[C@H]2C(=O)NC(C)(C)C)C(C)(C)S(C)(=O)=O)nn1C. The van der Waals surface area contributed by atoms with Crippen LogP contribution in [0.1, 0.15) is 88.5 Å². The van der Waals surface area contributed by atoms with E-state index in [0.717, 1.165) is 37.5 Å². The van der Waals surface area contributed by atoms with Crippen LogP contribution in [-0.4, -0.2) is 99.8 Å². The van der Waals surface area contributed by atoms with Crippen molar-refractivity contribution in [1.29, 1.82) is 0 Å². The predicted octanol–water partition coefficient (Wildman–Crippen LogP) is 2.53. The number of carbonyl (C=O) groups is 3. The molecule has 4 N–H and O–H groups in total. The first kappa shape index (κ1) is 38.5. The zero-order chi connectivity index (χ0) is 36.3. The zero-order valence-electron chi connectivity index (χ0n) is 30.3. The Hall–Kier alpha value is -3.29. The minimum absolute atomic E-state index is 0.0497. The van der Waals surface area contributed by atoms with Gasteiger partial charge in [0, 0.05) is 37.6 Å². The molecule has 1 aliphatic carbocycles. The van der Waals surface area contributed by atoms with Crippen molar-refractivity contribution in [3.8, 4) is 0 Å². The van der Waals surface area contributed by atoms with Crippen molar-refractivity contribution in [2.45, 2.75) is 115 Å². The number of sulfone groups is 1. The monoisotopic (exact) mass is 700 g/mol. The molecule has 1 saturated carbocycles. The van der Waals surface area contributed by atoms with Gasteiger partial charge in [-0.05, 0) is 84.3 Å². The van der Waals surface area contributed by atoms with Gasteiger partial charge in [-0.1, -0.05) is 49.6 Å². The molecule has 1 saturated heterocycles. The van der Waals surface area contributed by atoms with Crippen LogP contribution in [0.2, 0.25) is 0 Å². The fourth-order valence-electron chi connectivity index (χ4n) is 7.06. The van der Waals surface area contributed by atoms with E-state index in [0.29, 0.717) is 30.5 Å². The van der Waals surface area contributed by atoms with E-state index in [-0.39, 0.29) is 24.6 Å². The van der Waals surface area contributed by atoms with Gasteiger partial charge in [-0.2, -0.15) is 5.10 Å². The molecule has 0 spiro atoms. The highest BCUT2D eigenvalue weighted by Gasteiger charge is 2.46. The Morgan fingerprint density at radius 2 is 1.65 bits per heavy atom. The number of fused-ring (bicyclic) bond motifs is 1. The summed E-state index contributed by atoms with van der Waals surface area (Å²) in [5.41, 5.74) is 1.20. The summed E-state index contributed by atoms with van der Waals surface area (Å²) in [6.07, 6.45) is 5.32. The third-order valence-electron chi connectivity index (χ3n) is 10.4. The predicted molar refractivity (Wildman–Crippen MR) is 190 cm³/mol. The molecule has 2 fully saturated rings. The number of benzene rings is 1. The summed E-state index contributed by atoms with van der Waals surface area (Å²) in [4.78, 5) is 43.2. The van der Waals surface area contributed by atoms with Crippen molar-refractivity contribution < 1.29 is 27.9 Å².